The highest BCUT2D eigenvalue weighted by Gasteiger charge is 2.30. The molecule has 1 unspecified atom stereocenters. The molecule has 1 aliphatic rings. The number of aromatic nitrogens is 1. The van der Waals surface area contributed by atoms with Crippen molar-refractivity contribution in [1.82, 2.24) is 10.3 Å². The van der Waals surface area contributed by atoms with E-state index in [9.17, 15) is 18.0 Å². The maximum Gasteiger partial charge on any atom is 0.416 e. The molecule has 2 heterocycles. The second-order valence-electron chi connectivity index (χ2n) is 5.46. The third-order valence-electron chi connectivity index (χ3n) is 3.71. The van der Waals surface area contributed by atoms with Gasteiger partial charge in [-0.05, 0) is 37.1 Å². The Morgan fingerprint density at radius 2 is 2.04 bits per heavy atom. The predicted octanol–water partition coefficient (Wildman–Crippen LogP) is 3.27. The maximum absolute atomic E-state index is 12.5. The third-order valence-corrected chi connectivity index (χ3v) is 3.71. The van der Waals surface area contributed by atoms with E-state index in [-0.39, 0.29) is 17.7 Å². The number of carbonyl (C=O) groups excluding carboxylic acids is 1. The first kappa shape index (κ1) is 16.5. The SMILES string of the molecule is O=C(NCC1CCCO1)c1coc(-c2ccc(C(F)(F)F)cc2)n1. The van der Waals surface area contributed by atoms with Gasteiger partial charge in [-0.15, -0.1) is 0 Å². The molecule has 2 aromatic rings. The van der Waals surface area contributed by atoms with Gasteiger partial charge in [0.2, 0.25) is 5.89 Å². The van der Waals surface area contributed by atoms with Crippen molar-refractivity contribution in [2.45, 2.75) is 25.1 Å². The Hall–Kier alpha value is -2.35. The fourth-order valence-electron chi connectivity index (χ4n) is 2.41. The van der Waals surface area contributed by atoms with Crippen molar-refractivity contribution in [3.05, 3.63) is 41.8 Å². The Bertz CT molecular complexity index is 704. The number of carbonyl (C=O) groups is 1. The molecule has 1 amide bonds. The number of rotatable bonds is 4. The van der Waals surface area contributed by atoms with Gasteiger partial charge < -0.3 is 14.5 Å². The molecule has 0 bridgehead atoms. The van der Waals surface area contributed by atoms with Gasteiger partial charge in [-0.3, -0.25) is 4.79 Å². The van der Waals surface area contributed by atoms with Gasteiger partial charge >= 0.3 is 6.18 Å². The van der Waals surface area contributed by atoms with Crippen LogP contribution in [0.2, 0.25) is 0 Å². The van der Waals surface area contributed by atoms with E-state index in [2.05, 4.69) is 10.3 Å². The highest BCUT2D eigenvalue weighted by atomic mass is 19.4. The summed E-state index contributed by atoms with van der Waals surface area (Å²) in [5, 5.41) is 2.70. The van der Waals surface area contributed by atoms with Crippen LogP contribution in [0.15, 0.2) is 34.9 Å². The predicted molar refractivity (Wildman–Crippen MR) is 78.2 cm³/mol. The van der Waals surface area contributed by atoms with E-state index in [4.69, 9.17) is 9.15 Å². The highest BCUT2D eigenvalue weighted by molar-refractivity contribution is 5.92. The molecule has 3 rings (SSSR count). The molecule has 0 spiro atoms. The number of nitrogens with zero attached hydrogens (tertiary/aromatic N) is 1. The van der Waals surface area contributed by atoms with Crippen LogP contribution in [-0.2, 0) is 10.9 Å². The van der Waals surface area contributed by atoms with Gasteiger partial charge in [-0.1, -0.05) is 0 Å². The second-order valence-corrected chi connectivity index (χ2v) is 5.46. The Labute approximate surface area is 135 Å². The Balaban J connectivity index is 1.65. The van der Waals surface area contributed by atoms with Crippen molar-refractivity contribution < 1.29 is 27.1 Å². The second kappa shape index (κ2) is 6.64. The maximum atomic E-state index is 12.5. The van der Waals surface area contributed by atoms with Gasteiger partial charge in [-0.25, -0.2) is 4.98 Å². The van der Waals surface area contributed by atoms with Gasteiger partial charge in [0.1, 0.15) is 6.26 Å². The molecular weight excluding hydrogens is 325 g/mol. The van der Waals surface area contributed by atoms with Crippen molar-refractivity contribution in [2.24, 2.45) is 0 Å². The van der Waals surface area contributed by atoms with E-state index in [0.29, 0.717) is 18.7 Å². The minimum Gasteiger partial charge on any atom is -0.444 e. The number of benzene rings is 1. The molecule has 128 valence electrons. The normalized spacial score (nSPS) is 17.9. The largest absolute Gasteiger partial charge is 0.444 e. The molecule has 0 aliphatic carbocycles. The lowest BCUT2D eigenvalue weighted by Gasteiger charge is -2.09. The molecular formula is C16H15F3N2O3. The number of hydrogen-bond donors (Lipinski definition) is 1. The molecule has 8 heteroatoms. The average Bonchev–Trinajstić information content (AvgIpc) is 3.23. The van der Waals surface area contributed by atoms with Gasteiger partial charge in [-0.2, -0.15) is 13.2 Å². The summed E-state index contributed by atoms with van der Waals surface area (Å²) < 4.78 is 48.2. The molecule has 0 saturated carbocycles. The Kier molecular flexibility index (Phi) is 4.57. The van der Waals surface area contributed by atoms with Gasteiger partial charge in [0, 0.05) is 18.7 Å². The Morgan fingerprint density at radius 3 is 2.67 bits per heavy atom. The molecule has 1 saturated heterocycles. The smallest absolute Gasteiger partial charge is 0.416 e. The lowest BCUT2D eigenvalue weighted by atomic mass is 10.1. The number of halogens is 3. The van der Waals surface area contributed by atoms with Crippen LogP contribution in [0.3, 0.4) is 0 Å². The molecule has 1 aromatic heterocycles. The summed E-state index contributed by atoms with van der Waals surface area (Å²) in [6, 6.07) is 4.39. The molecule has 1 atom stereocenters. The van der Waals surface area contributed by atoms with Crippen LogP contribution >= 0.6 is 0 Å². The molecule has 1 aromatic carbocycles. The lowest BCUT2D eigenvalue weighted by Crippen LogP contribution is -2.31. The van der Waals surface area contributed by atoms with E-state index in [0.717, 1.165) is 25.0 Å². The zero-order valence-corrected chi connectivity index (χ0v) is 12.6. The average molecular weight is 340 g/mol. The number of nitrogens with one attached hydrogen (secondary N) is 1. The molecule has 1 aliphatic heterocycles. The first-order valence-corrected chi connectivity index (χ1v) is 7.46. The monoisotopic (exact) mass is 340 g/mol. The fraction of sp³-hybridized carbons (Fsp3) is 0.375. The zero-order chi connectivity index (χ0) is 17.2. The summed E-state index contributed by atoms with van der Waals surface area (Å²) >= 11 is 0. The van der Waals surface area contributed by atoms with E-state index in [1.807, 2.05) is 0 Å². The van der Waals surface area contributed by atoms with E-state index >= 15 is 0 Å². The number of hydrogen-bond acceptors (Lipinski definition) is 4. The topological polar surface area (TPSA) is 64.4 Å². The first-order valence-electron chi connectivity index (χ1n) is 7.46. The molecule has 1 N–H and O–H groups in total. The van der Waals surface area contributed by atoms with Gasteiger partial charge in [0.25, 0.3) is 5.91 Å². The molecule has 1 fully saturated rings. The first-order chi connectivity index (χ1) is 11.4. The standard InChI is InChI=1S/C16H15F3N2O3/c17-16(18,19)11-5-3-10(4-6-11)15-21-13(9-24-15)14(22)20-8-12-2-1-7-23-12/h3-6,9,12H,1-2,7-8H2,(H,20,22). The van der Waals surface area contributed by atoms with E-state index in [1.54, 1.807) is 0 Å². The van der Waals surface area contributed by atoms with Crippen molar-refractivity contribution >= 4 is 5.91 Å². The van der Waals surface area contributed by atoms with Crippen molar-refractivity contribution in [3.63, 3.8) is 0 Å². The van der Waals surface area contributed by atoms with Crippen LogP contribution in [-0.4, -0.2) is 30.1 Å². The van der Waals surface area contributed by atoms with Crippen LogP contribution in [0, 0.1) is 0 Å². The van der Waals surface area contributed by atoms with Crippen LogP contribution in [0.5, 0.6) is 0 Å². The van der Waals surface area contributed by atoms with Gasteiger partial charge in [0.15, 0.2) is 5.69 Å². The summed E-state index contributed by atoms with van der Waals surface area (Å²) in [5.74, 6) is -0.321. The fourth-order valence-corrected chi connectivity index (χ4v) is 2.41. The summed E-state index contributed by atoms with van der Waals surface area (Å²) in [4.78, 5) is 16.0. The van der Waals surface area contributed by atoms with E-state index < -0.39 is 17.6 Å². The van der Waals surface area contributed by atoms with Crippen molar-refractivity contribution in [3.8, 4) is 11.5 Å². The van der Waals surface area contributed by atoms with Crippen molar-refractivity contribution in [1.29, 1.82) is 0 Å². The molecule has 5 nitrogen and oxygen atoms in total. The van der Waals surface area contributed by atoms with Crippen LogP contribution in [0.1, 0.15) is 28.9 Å². The zero-order valence-electron chi connectivity index (χ0n) is 12.6. The molecule has 24 heavy (non-hydrogen) atoms. The summed E-state index contributed by atoms with van der Waals surface area (Å²) in [5.41, 5.74) is -0.323. The van der Waals surface area contributed by atoms with Crippen molar-refractivity contribution in [2.75, 3.05) is 13.2 Å². The van der Waals surface area contributed by atoms with Crippen LogP contribution in [0.25, 0.3) is 11.5 Å². The minimum atomic E-state index is -4.40. The number of alkyl halides is 3. The molecule has 0 radical (unpaired) electrons. The van der Waals surface area contributed by atoms with Crippen LogP contribution in [0.4, 0.5) is 13.2 Å². The minimum absolute atomic E-state index is 0.00948. The number of ether oxygens (including phenoxy) is 1. The summed E-state index contributed by atoms with van der Waals surface area (Å²) in [6.07, 6.45) is -1.34. The van der Waals surface area contributed by atoms with Gasteiger partial charge in [0.05, 0.1) is 11.7 Å². The highest BCUT2D eigenvalue weighted by Crippen LogP contribution is 2.30. The summed E-state index contributed by atoms with van der Waals surface area (Å²) in [7, 11) is 0. The third kappa shape index (κ3) is 3.76. The van der Waals surface area contributed by atoms with Crippen LogP contribution < -0.4 is 5.32 Å². The Morgan fingerprint density at radius 1 is 1.29 bits per heavy atom. The lowest BCUT2D eigenvalue weighted by molar-refractivity contribution is -0.137. The van der Waals surface area contributed by atoms with E-state index in [1.165, 1.54) is 18.4 Å². The quantitative estimate of drug-likeness (QED) is 0.928. The number of oxazole rings is 1. The number of amides is 1. The summed E-state index contributed by atoms with van der Waals surface area (Å²) in [6.45, 7) is 1.09.